The molecule has 0 saturated carbocycles. The third-order valence-electron chi connectivity index (χ3n) is 3.15. The van der Waals surface area contributed by atoms with Gasteiger partial charge in [-0.2, -0.15) is 0 Å². The van der Waals surface area contributed by atoms with E-state index in [-0.39, 0.29) is 18.6 Å². The van der Waals surface area contributed by atoms with Gasteiger partial charge in [-0.15, -0.1) is 0 Å². The van der Waals surface area contributed by atoms with Crippen molar-refractivity contribution in [2.45, 2.75) is 39.3 Å². The molecule has 118 valence electrons. The number of hydrogen-bond donors (Lipinski definition) is 3. The summed E-state index contributed by atoms with van der Waals surface area (Å²) in [6, 6.07) is 7.49. The fourth-order valence-corrected chi connectivity index (χ4v) is 1.84. The van der Waals surface area contributed by atoms with E-state index in [1.165, 1.54) is 5.56 Å². The summed E-state index contributed by atoms with van der Waals surface area (Å²) in [7, 11) is 0. The highest BCUT2D eigenvalue weighted by molar-refractivity contribution is 5.81. The van der Waals surface area contributed by atoms with E-state index in [0.717, 1.165) is 12.2 Å². The highest BCUT2D eigenvalue weighted by atomic mass is 16.5. The Morgan fingerprint density at radius 2 is 2.14 bits per heavy atom. The van der Waals surface area contributed by atoms with Gasteiger partial charge in [-0.05, 0) is 38.0 Å². The monoisotopic (exact) mass is 294 g/mol. The molecule has 1 rings (SSSR count). The summed E-state index contributed by atoms with van der Waals surface area (Å²) in [6.07, 6.45) is 0.290. The highest BCUT2D eigenvalue weighted by Gasteiger charge is 2.13. The van der Waals surface area contributed by atoms with Crippen LogP contribution >= 0.6 is 0 Å². The standard InChI is InChI=1S/C16H26N2O3/c1-4-13-7-6-8-15(9-13)21-11-14(19)10-18-12(3)16(20)17-5-2/h6-9,12,14,18-19H,4-5,10-11H2,1-3H3,(H,17,20). The second kappa shape index (κ2) is 9.37. The molecule has 0 aromatic heterocycles. The molecule has 0 aliphatic heterocycles. The maximum absolute atomic E-state index is 11.5. The number of ether oxygens (including phenoxy) is 1. The molecule has 1 aromatic rings. The first-order chi connectivity index (χ1) is 10.1. The third kappa shape index (κ3) is 6.60. The SMILES string of the molecule is CCNC(=O)C(C)NCC(O)COc1cccc(CC)c1. The average molecular weight is 294 g/mol. The zero-order valence-electron chi connectivity index (χ0n) is 13.1. The van der Waals surface area contributed by atoms with E-state index in [1.54, 1.807) is 6.92 Å². The Kier molecular flexibility index (Phi) is 7.79. The van der Waals surface area contributed by atoms with E-state index in [0.29, 0.717) is 13.1 Å². The summed E-state index contributed by atoms with van der Waals surface area (Å²) in [6.45, 7) is 6.83. The number of aliphatic hydroxyl groups is 1. The largest absolute Gasteiger partial charge is 0.491 e. The van der Waals surface area contributed by atoms with E-state index < -0.39 is 6.10 Å². The summed E-state index contributed by atoms with van der Waals surface area (Å²) >= 11 is 0. The molecule has 0 aliphatic rings. The van der Waals surface area contributed by atoms with Crippen molar-refractivity contribution < 1.29 is 14.6 Å². The van der Waals surface area contributed by atoms with Crippen molar-refractivity contribution in [2.75, 3.05) is 19.7 Å². The Morgan fingerprint density at radius 3 is 2.81 bits per heavy atom. The molecule has 2 atom stereocenters. The van der Waals surface area contributed by atoms with Crippen LogP contribution in [0.2, 0.25) is 0 Å². The number of nitrogens with one attached hydrogen (secondary N) is 2. The Labute approximate surface area is 126 Å². The van der Waals surface area contributed by atoms with Crippen LogP contribution in [0.3, 0.4) is 0 Å². The number of benzene rings is 1. The van der Waals surface area contributed by atoms with Crippen LogP contribution in [0.1, 0.15) is 26.3 Å². The van der Waals surface area contributed by atoms with E-state index in [2.05, 4.69) is 17.6 Å². The Morgan fingerprint density at radius 1 is 1.38 bits per heavy atom. The lowest BCUT2D eigenvalue weighted by Gasteiger charge is -2.17. The minimum atomic E-state index is -0.660. The van der Waals surface area contributed by atoms with Crippen LogP contribution in [-0.2, 0) is 11.2 Å². The van der Waals surface area contributed by atoms with Crippen molar-refractivity contribution in [1.82, 2.24) is 10.6 Å². The molecule has 1 aromatic carbocycles. The summed E-state index contributed by atoms with van der Waals surface area (Å²) in [5.74, 6) is 0.687. The van der Waals surface area contributed by atoms with Crippen molar-refractivity contribution >= 4 is 5.91 Å². The van der Waals surface area contributed by atoms with Crippen molar-refractivity contribution in [2.24, 2.45) is 0 Å². The lowest BCUT2D eigenvalue weighted by molar-refractivity contribution is -0.122. The lowest BCUT2D eigenvalue weighted by Crippen LogP contribution is -2.45. The quantitative estimate of drug-likeness (QED) is 0.638. The molecule has 0 heterocycles. The molecule has 0 fully saturated rings. The highest BCUT2D eigenvalue weighted by Crippen LogP contribution is 2.13. The molecule has 0 saturated heterocycles. The van der Waals surface area contributed by atoms with E-state index in [4.69, 9.17) is 4.74 Å². The summed E-state index contributed by atoms with van der Waals surface area (Å²) in [4.78, 5) is 11.5. The molecular weight excluding hydrogens is 268 g/mol. The maximum atomic E-state index is 11.5. The number of hydrogen-bond acceptors (Lipinski definition) is 4. The van der Waals surface area contributed by atoms with Crippen molar-refractivity contribution in [3.63, 3.8) is 0 Å². The van der Waals surface area contributed by atoms with Gasteiger partial charge < -0.3 is 20.5 Å². The van der Waals surface area contributed by atoms with Gasteiger partial charge in [-0.1, -0.05) is 19.1 Å². The van der Waals surface area contributed by atoms with Gasteiger partial charge >= 0.3 is 0 Å². The van der Waals surface area contributed by atoms with Crippen LogP contribution in [0.4, 0.5) is 0 Å². The fraction of sp³-hybridized carbons (Fsp3) is 0.562. The summed E-state index contributed by atoms with van der Waals surface area (Å²) in [5, 5.41) is 15.6. The van der Waals surface area contributed by atoms with Crippen molar-refractivity contribution in [3.8, 4) is 5.75 Å². The van der Waals surface area contributed by atoms with Crippen LogP contribution in [0, 0.1) is 0 Å². The van der Waals surface area contributed by atoms with Crippen molar-refractivity contribution in [1.29, 1.82) is 0 Å². The lowest BCUT2D eigenvalue weighted by atomic mass is 10.2. The van der Waals surface area contributed by atoms with Gasteiger partial charge in [0.2, 0.25) is 5.91 Å². The first kappa shape index (κ1) is 17.5. The van der Waals surface area contributed by atoms with Gasteiger partial charge in [0.05, 0.1) is 6.04 Å². The number of carbonyl (C=O) groups is 1. The smallest absolute Gasteiger partial charge is 0.236 e. The molecule has 5 nitrogen and oxygen atoms in total. The Balaban J connectivity index is 2.30. The fourth-order valence-electron chi connectivity index (χ4n) is 1.84. The van der Waals surface area contributed by atoms with Crippen LogP contribution in [0.15, 0.2) is 24.3 Å². The van der Waals surface area contributed by atoms with Crippen LogP contribution in [-0.4, -0.2) is 42.9 Å². The summed E-state index contributed by atoms with van der Waals surface area (Å²) < 4.78 is 5.56. The second-order valence-corrected chi connectivity index (χ2v) is 4.99. The van der Waals surface area contributed by atoms with Crippen LogP contribution in [0.5, 0.6) is 5.75 Å². The number of rotatable bonds is 9. The van der Waals surface area contributed by atoms with Gasteiger partial charge in [-0.3, -0.25) is 4.79 Å². The van der Waals surface area contributed by atoms with Gasteiger partial charge in [0, 0.05) is 13.1 Å². The molecule has 0 radical (unpaired) electrons. The van der Waals surface area contributed by atoms with Gasteiger partial charge in [-0.25, -0.2) is 0 Å². The van der Waals surface area contributed by atoms with Gasteiger partial charge in [0.25, 0.3) is 0 Å². The second-order valence-electron chi connectivity index (χ2n) is 4.99. The van der Waals surface area contributed by atoms with E-state index >= 15 is 0 Å². The molecule has 2 unspecified atom stereocenters. The maximum Gasteiger partial charge on any atom is 0.236 e. The topological polar surface area (TPSA) is 70.6 Å². The first-order valence-corrected chi connectivity index (χ1v) is 7.47. The summed E-state index contributed by atoms with van der Waals surface area (Å²) in [5.41, 5.74) is 1.20. The molecular formula is C16H26N2O3. The molecule has 5 heteroatoms. The van der Waals surface area contributed by atoms with E-state index in [1.807, 2.05) is 31.2 Å². The predicted molar refractivity (Wildman–Crippen MR) is 83.5 cm³/mol. The third-order valence-corrected chi connectivity index (χ3v) is 3.15. The number of aliphatic hydroxyl groups excluding tert-OH is 1. The number of carbonyl (C=O) groups excluding carboxylic acids is 1. The number of aryl methyl sites for hydroxylation is 1. The minimum Gasteiger partial charge on any atom is -0.491 e. The van der Waals surface area contributed by atoms with Crippen LogP contribution < -0.4 is 15.4 Å². The Hall–Kier alpha value is -1.59. The number of amides is 1. The molecule has 3 N–H and O–H groups in total. The normalized spacial score (nSPS) is 13.5. The number of likely N-dealkylation sites (N-methyl/N-ethyl adjacent to an activating group) is 1. The molecule has 0 aliphatic carbocycles. The van der Waals surface area contributed by atoms with Crippen molar-refractivity contribution in [3.05, 3.63) is 29.8 Å². The molecule has 1 amide bonds. The molecule has 0 spiro atoms. The Bertz CT molecular complexity index is 437. The zero-order valence-corrected chi connectivity index (χ0v) is 13.1. The molecule has 0 bridgehead atoms. The minimum absolute atomic E-state index is 0.0683. The van der Waals surface area contributed by atoms with Gasteiger partial charge in [0.1, 0.15) is 18.5 Å². The average Bonchev–Trinajstić information content (AvgIpc) is 2.50. The predicted octanol–water partition coefficient (Wildman–Crippen LogP) is 1.10. The molecule has 21 heavy (non-hydrogen) atoms. The van der Waals surface area contributed by atoms with E-state index in [9.17, 15) is 9.90 Å². The zero-order chi connectivity index (χ0) is 15.7. The first-order valence-electron chi connectivity index (χ1n) is 7.47. The van der Waals surface area contributed by atoms with Crippen LogP contribution in [0.25, 0.3) is 0 Å². The van der Waals surface area contributed by atoms with Gasteiger partial charge in [0.15, 0.2) is 0 Å².